The first kappa shape index (κ1) is 28.2. The Kier molecular flexibility index (Phi) is 8.03. The largest absolute Gasteiger partial charge is 0.480 e. The molecule has 210 valence electrons. The van der Waals surface area contributed by atoms with Gasteiger partial charge in [-0.2, -0.15) is 11.8 Å². The SMILES string of the molecule is CC(C)(C)OC(=O)NC(CSCc1ccc(-c2cccc(-c3cccc4c3oc3ccccc34)c2)cc1F)C(=O)O. The fourth-order valence-electron chi connectivity index (χ4n) is 4.60. The summed E-state index contributed by atoms with van der Waals surface area (Å²) in [6.07, 6.45) is -0.806. The van der Waals surface area contributed by atoms with E-state index >= 15 is 4.39 Å². The van der Waals surface area contributed by atoms with Crippen LogP contribution in [0.15, 0.2) is 89.3 Å². The van der Waals surface area contributed by atoms with E-state index in [1.54, 1.807) is 26.8 Å². The Morgan fingerprint density at radius 3 is 2.39 bits per heavy atom. The normalized spacial score (nSPS) is 12.4. The van der Waals surface area contributed by atoms with Gasteiger partial charge in [0, 0.05) is 27.8 Å². The number of aliphatic carboxylic acids is 1. The number of hydrogen-bond acceptors (Lipinski definition) is 5. The number of nitrogens with one attached hydrogen (secondary N) is 1. The van der Waals surface area contributed by atoms with E-state index in [1.807, 2.05) is 72.8 Å². The van der Waals surface area contributed by atoms with Gasteiger partial charge in [0.05, 0.1) is 0 Å². The number of carboxylic acids is 1. The number of thioether (sulfide) groups is 1. The van der Waals surface area contributed by atoms with E-state index in [9.17, 15) is 14.7 Å². The molecule has 0 spiro atoms. The fraction of sp³-hybridized carbons (Fsp3) is 0.212. The second-order valence-electron chi connectivity index (χ2n) is 10.7. The predicted octanol–water partition coefficient (Wildman–Crippen LogP) is 8.27. The number of ether oxygens (including phenoxy) is 1. The van der Waals surface area contributed by atoms with Crippen molar-refractivity contribution in [1.82, 2.24) is 5.32 Å². The maximum absolute atomic E-state index is 15.1. The van der Waals surface area contributed by atoms with Gasteiger partial charge in [-0.3, -0.25) is 0 Å². The van der Waals surface area contributed by atoms with Crippen LogP contribution >= 0.6 is 11.8 Å². The summed E-state index contributed by atoms with van der Waals surface area (Å²) in [4.78, 5) is 23.6. The van der Waals surface area contributed by atoms with Crippen molar-refractivity contribution in [2.24, 2.45) is 0 Å². The van der Waals surface area contributed by atoms with E-state index in [4.69, 9.17) is 9.15 Å². The molecule has 5 rings (SSSR count). The molecule has 5 aromatic rings. The Morgan fingerprint density at radius 2 is 1.63 bits per heavy atom. The third-order valence-corrected chi connectivity index (χ3v) is 7.58. The molecule has 1 atom stereocenters. The molecule has 1 amide bonds. The summed E-state index contributed by atoms with van der Waals surface area (Å²) in [6, 6.07) is 25.8. The number of hydrogen-bond donors (Lipinski definition) is 2. The summed E-state index contributed by atoms with van der Waals surface area (Å²) < 4.78 is 26.5. The summed E-state index contributed by atoms with van der Waals surface area (Å²) in [5.74, 6) is -1.25. The predicted molar refractivity (Wildman–Crippen MR) is 162 cm³/mol. The molecular formula is C33H30FNO5S. The Bertz CT molecular complexity index is 1740. The minimum Gasteiger partial charge on any atom is -0.480 e. The second-order valence-corrected chi connectivity index (χ2v) is 11.7. The lowest BCUT2D eigenvalue weighted by atomic mass is 9.97. The molecule has 0 fully saturated rings. The van der Waals surface area contributed by atoms with Crippen LogP contribution < -0.4 is 5.32 Å². The molecule has 2 N–H and O–H groups in total. The van der Waals surface area contributed by atoms with Gasteiger partial charge in [0.2, 0.25) is 0 Å². The number of rotatable bonds is 8. The van der Waals surface area contributed by atoms with Gasteiger partial charge in [-0.05, 0) is 61.2 Å². The van der Waals surface area contributed by atoms with Gasteiger partial charge in [0.1, 0.15) is 28.6 Å². The first-order valence-corrected chi connectivity index (χ1v) is 14.3. The van der Waals surface area contributed by atoms with Gasteiger partial charge < -0.3 is 19.6 Å². The van der Waals surface area contributed by atoms with Gasteiger partial charge in [-0.1, -0.05) is 66.7 Å². The zero-order valence-electron chi connectivity index (χ0n) is 22.9. The van der Waals surface area contributed by atoms with Crippen molar-refractivity contribution in [2.75, 3.05) is 5.75 Å². The van der Waals surface area contributed by atoms with Crippen LogP contribution in [0, 0.1) is 5.82 Å². The topological polar surface area (TPSA) is 88.8 Å². The lowest BCUT2D eigenvalue weighted by Crippen LogP contribution is -2.44. The maximum atomic E-state index is 15.1. The molecule has 0 radical (unpaired) electrons. The van der Waals surface area contributed by atoms with Gasteiger partial charge in [-0.15, -0.1) is 0 Å². The van der Waals surface area contributed by atoms with Gasteiger partial charge in [0.15, 0.2) is 0 Å². The van der Waals surface area contributed by atoms with Crippen LogP contribution in [0.25, 0.3) is 44.2 Å². The third kappa shape index (κ3) is 6.55. The van der Waals surface area contributed by atoms with E-state index in [2.05, 4.69) is 5.32 Å². The van der Waals surface area contributed by atoms with Crippen LogP contribution in [-0.2, 0) is 15.3 Å². The molecular weight excluding hydrogens is 541 g/mol. The minimum atomic E-state index is -1.18. The van der Waals surface area contributed by atoms with E-state index in [1.165, 1.54) is 17.8 Å². The van der Waals surface area contributed by atoms with Crippen molar-refractivity contribution >= 4 is 45.8 Å². The summed E-state index contributed by atoms with van der Waals surface area (Å²) in [7, 11) is 0. The number of carboxylic acid groups (broad SMARTS) is 1. The molecule has 0 bridgehead atoms. The molecule has 1 unspecified atom stereocenters. The summed E-state index contributed by atoms with van der Waals surface area (Å²) >= 11 is 1.22. The lowest BCUT2D eigenvalue weighted by Gasteiger charge is -2.21. The molecule has 41 heavy (non-hydrogen) atoms. The molecule has 0 saturated carbocycles. The molecule has 1 heterocycles. The maximum Gasteiger partial charge on any atom is 0.408 e. The number of amides is 1. The van der Waals surface area contributed by atoms with Crippen molar-refractivity contribution in [3.05, 3.63) is 96.3 Å². The summed E-state index contributed by atoms with van der Waals surface area (Å²) in [6.45, 7) is 5.09. The fourth-order valence-corrected chi connectivity index (χ4v) is 5.63. The van der Waals surface area contributed by atoms with Gasteiger partial charge in [-0.25, -0.2) is 14.0 Å². The molecule has 4 aromatic carbocycles. The van der Waals surface area contributed by atoms with Crippen molar-refractivity contribution in [3.63, 3.8) is 0 Å². The zero-order valence-corrected chi connectivity index (χ0v) is 23.8. The molecule has 8 heteroatoms. The number of benzene rings is 4. The summed E-state index contributed by atoms with van der Waals surface area (Å²) in [5.41, 5.74) is 4.86. The zero-order chi connectivity index (χ0) is 29.1. The Balaban J connectivity index is 1.30. The highest BCUT2D eigenvalue weighted by atomic mass is 32.2. The first-order valence-electron chi connectivity index (χ1n) is 13.2. The highest BCUT2D eigenvalue weighted by Crippen LogP contribution is 2.37. The minimum absolute atomic E-state index is 0.0607. The van der Waals surface area contributed by atoms with Crippen molar-refractivity contribution < 1.29 is 28.2 Å². The van der Waals surface area contributed by atoms with Crippen LogP contribution in [0.1, 0.15) is 26.3 Å². The number of halogens is 1. The Hall–Kier alpha value is -4.30. The number of carbonyl (C=O) groups excluding carboxylic acids is 1. The van der Waals surface area contributed by atoms with Crippen LogP contribution in [0.3, 0.4) is 0 Å². The number of para-hydroxylation sites is 2. The first-order chi connectivity index (χ1) is 19.6. The number of furan rings is 1. The van der Waals surface area contributed by atoms with Crippen molar-refractivity contribution in [2.45, 2.75) is 38.2 Å². The van der Waals surface area contributed by atoms with E-state index < -0.39 is 23.7 Å². The van der Waals surface area contributed by atoms with Gasteiger partial charge in [0.25, 0.3) is 0 Å². The van der Waals surface area contributed by atoms with E-state index in [0.717, 1.165) is 44.2 Å². The molecule has 0 aliphatic carbocycles. The average Bonchev–Trinajstić information content (AvgIpc) is 3.31. The molecule has 1 aromatic heterocycles. The van der Waals surface area contributed by atoms with Crippen molar-refractivity contribution in [3.8, 4) is 22.3 Å². The molecule has 0 saturated heterocycles. The smallest absolute Gasteiger partial charge is 0.408 e. The number of alkyl carbamates (subject to hydrolysis) is 1. The third-order valence-electron chi connectivity index (χ3n) is 6.50. The van der Waals surface area contributed by atoms with Crippen LogP contribution in [-0.4, -0.2) is 34.6 Å². The summed E-state index contributed by atoms with van der Waals surface area (Å²) in [5, 5.41) is 13.9. The van der Waals surface area contributed by atoms with Crippen LogP contribution in [0.4, 0.5) is 9.18 Å². The van der Waals surface area contributed by atoms with Crippen LogP contribution in [0.5, 0.6) is 0 Å². The molecule has 0 aliphatic heterocycles. The Labute approximate surface area is 241 Å². The quantitative estimate of drug-likeness (QED) is 0.195. The molecule has 0 aliphatic rings. The van der Waals surface area contributed by atoms with Crippen LogP contribution in [0.2, 0.25) is 0 Å². The number of carbonyl (C=O) groups is 2. The standard InChI is InChI=1S/C33H30FNO5S/c1-33(2,3)40-32(38)35-28(31(36)37)19-41-18-23-15-14-21(17-27(23)34)20-8-6-9-22(16-20)24-11-7-12-26-25-10-4-5-13-29(25)39-30(24)26/h4-17,28H,18-19H2,1-3H3,(H,35,38)(H,36,37). The van der Waals surface area contributed by atoms with Gasteiger partial charge >= 0.3 is 12.1 Å². The highest BCUT2D eigenvalue weighted by Gasteiger charge is 2.24. The van der Waals surface area contributed by atoms with E-state index in [0.29, 0.717) is 5.56 Å². The Morgan fingerprint density at radius 1 is 0.927 bits per heavy atom. The molecule has 6 nitrogen and oxygen atoms in total. The average molecular weight is 572 g/mol. The number of fused-ring (bicyclic) bond motifs is 3. The lowest BCUT2D eigenvalue weighted by molar-refractivity contribution is -0.138. The highest BCUT2D eigenvalue weighted by molar-refractivity contribution is 7.98. The van der Waals surface area contributed by atoms with E-state index in [-0.39, 0.29) is 17.3 Å². The van der Waals surface area contributed by atoms with Crippen molar-refractivity contribution in [1.29, 1.82) is 0 Å². The second kappa shape index (κ2) is 11.7. The monoisotopic (exact) mass is 571 g/mol.